The summed E-state index contributed by atoms with van der Waals surface area (Å²) in [6.07, 6.45) is 0. The van der Waals surface area contributed by atoms with Gasteiger partial charge in [-0.25, -0.2) is 4.39 Å². The molecule has 3 amide bonds. The number of amides is 3. The minimum Gasteiger partial charge on any atom is -0.340 e. The van der Waals surface area contributed by atoms with Gasteiger partial charge in [0.05, 0.1) is 22.2 Å². The summed E-state index contributed by atoms with van der Waals surface area (Å²) in [5, 5.41) is 5.82. The number of nitrogens with one attached hydrogen (secondary N) is 2. The molecular weight excluding hydrogens is 432 g/mol. The van der Waals surface area contributed by atoms with Gasteiger partial charge in [0.2, 0.25) is 11.8 Å². The third-order valence-electron chi connectivity index (χ3n) is 4.30. The lowest BCUT2D eigenvalue weighted by Crippen LogP contribution is -2.51. The first-order valence-electron chi connectivity index (χ1n) is 9.15. The van der Waals surface area contributed by atoms with Crippen LogP contribution in [0.4, 0.5) is 10.1 Å². The van der Waals surface area contributed by atoms with Crippen molar-refractivity contribution in [1.82, 2.24) is 10.2 Å². The highest BCUT2D eigenvalue weighted by atomic mass is 35.5. The molecule has 0 aromatic heterocycles. The van der Waals surface area contributed by atoms with Crippen molar-refractivity contribution >= 4 is 46.6 Å². The largest absolute Gasteiger partial charge is 0.340 e. The normalized spacial score (nSPS) is 11.7. The summed E-state index contributed by atoms with van der Waals surface area (Å²) in [6.45, 7) is 3.24. The fourth-order valence-corrected chi connectivity index (χ4v) is 2.98. The Labute approximate surface area is 184 Å². The smallest absolute Gasteiger partial charge is 0.254 e. The van der Waals surface area contributed by atoms with E-state index in [2.05, 4.69) is 10.6 Å². The molecule has 0 radical (unpaired) electrons. The number of benzene rings is 2. The maximum absolute atomic E-state index is 13.9. The van der Waals surface area contributed by atoms with Gasteiger partial charge in [-0.05, 0) is 36.2 Å². The predicted molar refractivity (Wildman–Crippen MR) is 115 cm³/mol. The maximum atomic E-state index is 13.9. The van der Waals surface area contributed by atoms with Crippen molar-refractivity contribution in [2.75, 3.05) is 18.9 Å². The van der Waals surface area contributed by atoms with Crippen molar-refractivity contribution in [1.29, 1.82) is 0 Å². The summed E-state index contributed by atoms with van der Waals surface area (Å²) in [7, 11) is 1.45. The lowest BCUT2D eigenvalue weighted by atomic mass is 10.0. The lowest BCUT2D eigenvalue weighted by molar-refractivity contribution is -0.135. The van der Waals surface area contributed by atoms with E-state index in [0.717, 1.165) is 0 Å². The first-order chi connectivity index (χ1) is 14.1. The van der Waals surface area contributed by atoms with E-state index in [-0.39, 0.29) is 23.0 Å². The average Bonchev–Trinajstić information content (AvgIpc) is 2.68. The van der Waals surface area contributed by atoms with Crippen molar-refractivity contribution in [2.45, 2.75) is 19.9 Å². The van der Waals surface area contributed by atoms with Gasteiger partial charge in [0, 0.05) is 12.7 Å². The Morgan fingerprint density at radius 2 is 1.73 bits per heavy atom. The van der Waals surface area contributed by atoms with Crippen molar-refractivity contribution in [3.63, 3.8) is 0 Å². The summed E-state index contributed by atoms with van der Waals surface area (Å²) >= 11 is 11.8. The van der Waals surface area contributed by atoms with E-state index >= 15 is 0 Å². The van der Waals surface area contributed by atoms with E-state index in [1.165, 1.54) is 42.3 Å². The number of rotatable bonds is 7. The monoisotopic (exact) mass is 453 g/mol. The molecule has 9 heteroatoms. The number of halogens is 3. The van der Waals surface area contributed by atoms with Gasteiger partial charge in [0.15, 0.2) is 0 Å². The van der Waals surface area contributed by atoms with Crippen LogP contribution < -0.4 is 10.6 Å². The van der Waals surface area contributed by atoms with Crippen LogP contribution in [0.15, 0.2) is 42.5 Å². The molecule has 0 aliphatic carbocycles. The second-order valence-corrected chi connectivity index (χ2v) is 7.86. The van der Waals surface area contributed by atoms with E-state index in [4.69, 9.17) is 23.2 Å². The molecular formula is C21H22Cl2FN3O3. The molecule has 2 N–H and O–H groups in total. The molecule has 2 aromatic rings. The molecule has 0 spiro atoms. The van der Waals surface area contributed by atoms with Crippen LogP contribution in [0.3, 0.4) is 0 Å². The SMILES string of the molecule is CC(C)C(NC(=O)c1ccccc1F)C(=O)N(C)CC(=O)Nc1ccc(Cl)c(Cl)c1. The van der Waals surface area contributed by atoms with E-state index in [0.29, 0.717) is 10.7 Å². The van der Waals surface area contributed by atoms with Crippen LogP contribution in [0.25, 0.3) is 0 Å². The fraction of sp³-hybridized carbons (Fsp3) is 0.286. The third-order valence-corrected chi connectivity index (χ3v) is 5.04. The van der Waals surface area contributed by atoms with Gasteiger partial charge in [-0.3, -0.25) is 14.4 Å². The van der Waals surface area contributed by atoms with Gasteiger partial charge in [-0.1, -0.05) is 49.2 Å². The molecule has 0 bridgehead atoms. The highest BCUT2D eigenvalue weighted by Gasteiger charge is 2.29. The van der Waals surface area contributed by atoms with Crippen LogP contribution in [-0.2, 0) is 9.59 Å². The van der Waals surface area contributed by atoms with Crippen LogP contribution in [0.1, 0.15) is 24.2 Å². The third kappa shape index (κ3) is 6.18. The maximum Gasteiger partial charge on any atom is 0.254 e. The minimum absolute atomic E-state index is 0.157. The highest BCUT2D eigenvalue weighted by molar-refractivity contribution is 6.42. The Balaban J connectivity index is 2.03. The molecule has 0 fully saturated rings. The first-order valence-corrected chi connectivity index (χ1v) is 9.91. The number of anilines is 1. The van der Waals surface area contributed by atoms with Crippen molar-refractivity contribution in [3.8, 4) is 0 Å². The average molecular weight is 454 g/mol. The second kappa shape index (κ2) is 10.4. The Kier molecular flexibility index (Phi) is 8.20. The second-order valence-electron chi connectivity index (χ2n) is 7.05. The molecule has 1 unspecified atom stereocenters. The van der Waals surface area contributed by atoms with E-state index < -0.39 is 29.6 Å². The molecule has 160 valence electrons. The van der Waals surface area contributed by atoms with Gasteiger partial charge in [0.1, 0.15) is 11.9 Å². The van der Waals surface area contributed by atoms with Crippen LogP contribution >= 0.6 is 23.2 Å². The number of carbonyl (C=O) groups is 3. The Bertz CT molecular complexity index is 953. The van der Waals surface area contributed by atoms with Gasteiger partial charge >= 0.3 is 0 Å². The zero-order valence-electron chi connectivity index (χ0n) is 16.7. The standard InChI is InChI=1S/C21H22Cl2FN3O3/c1-12(2)19(26-20(29)14-6-4-5-7-17(14)24)21(30)27(3)11-18(28)25-13-8-9-15(22)16(23)10-13/h4-10,12,19H,11H2,1-3H3,(H,25,28)(H,26,29). The lowest BCUT2D eigenvalue weighted by Gasteiger charge is -2.27. The number of hydrogen-bond donors (Lipinski definition) is 2. The number of carbonyl (C=O) groups excluding carboxylic acids is 3. The van der Waals surface area contributed by atoms with Crippen molar-refractivity contribution in [2.24, 2.45) is 5.92 Å². The van der Waals surface area contributed by atoms with Gasteiger partial charge in [0.25, 0.3) is 5.91 Å². The molecule has 0 saturated heterocycles. The van der Waals surface area contributed by atoms with Gasteiger partial charge < -0.3 is 15.5 Å². The van der Waals surface area contributed by atoms with Crippen LogP contribution in [0.5, 0.6) is 0 Å². The Hall–Kier alpha value is -2.64. The molecule has 0 heterocycles. The number of hydrogen-bond acceptors (Lipinski definition) is 3. The fourth-order valence-electron chi connectivity index (χ4n) is 2.68. The molecule has 0 aliphatic rings. The molecule has 2 rings (SSSR count). The molecule has 1 atom stereocenters. The van der Waals surface area contributed by atoms with E-state index in [1.807, 2.05) is 0 Å². The first kappa shape index (κ1) is 23.6. The number of nitrogens with zero attached hydrogens (tertiary/aromatic N) is 1. The van der Waals surface area contributed by atoms with Crippen molar-refractivity contribution in [3.05, 3.63) is 63.9 Å². The van der Waals surface area contributed by atoms with Crippen LogP contribution in [-0.4, -0.2) is 42.3 Å². The zero-order valence-corrected chi connectivity index (χ0v) is 18.2. The van der Waals surface area contributed by atoms with Crippen molar-refractivity contribution < 1.29 is 18.8 Å². The van der Waals surface area contributed by atoms with Gasteiger partial charge in [-0.2, -0.15) is 0 Å². The summed E-state index contributed by atoms with van der Waals surface area (Å²) < 4.78 is 13.9. The number of likely N-dealkylation sites (N-methyl/N-ethyl adjacent to an activating group) is 1. The zero-order chi connectivity index (χ0) is 22.4. The molecule has 0 saturated carbocycles. The summed E-state index contributed by atoms with van der Waals surface area (Å²) in [4.78, 5) is 38.7. The topological polar surface area (TPSA) is 78.5 Å². The Morgan fingerprint density at radius 1 is 1.07 bits per heavy atom. The molecule has 2 aromatic carbocycles. The molecule has 30 heavy (non-hydrogen) atoms. The summed E-state index contributed by atoms with van der Waals surface area (Å²) in [6, 6.07) is 9.19. The van der Waals surface area contributed by atoms with Crippen LogP contribution in [0.2, 0.25) is 10.0 Å². The molecule has 6 nitrogen and oxygen atoms in total. The highest BCUT2D eigenvalue weighted by Crippen LogP contribution is 2.25. The minimum atomic E-state index is -0.931. The quantitative estimate of drug-likeness (QED) is 0.665. The van der Waals surface area contributed by atoms with E-state index in [9.17, 15) is 18.8 Å². The molecule has 0 aliphatic heterocycles. The summed E-state index contributed by atoms with van der Waals surface area (Å²) in [5.74, 6) is -2.59. The van der Waals surface area contributed by atoms with E-state index in [1.54, 1.807) is 26.0 Å². The van der Waals surface area contributed by atoms with Crippen LogP contribution in [0, 0.1) is 11.7 Å². The van der Waals surface area contributed by atoms with Gasteiger partial charge in [-0.15, -0.1) is 0 Å². The summed E-state index contributed by atoms with van der Waals surface area (Å²) in [5.41, 5.74) is 0.277. The predicted octanol–water partition coefficient (Wildman–Crippen LogP) is 3.98. The Morgan fingerprint density at radius 3 is 2.33 bits per heavy atom.